The molecule has 0 fully saturated rings. The van der Waals surface area contributed by atoms with E-state index in [1.165, 1.54) is 23.8 Å². The SMILES string of the molecule is O=C(c1ccc(Cc2ccccc2)cc1)c1ccc([N+](=O)[O-])cc1Cl. The highest BCUT2D eigenvalue weighted by Crippen LogP contribution is 2.25. The maximum Gasteiger partial charge on any atom is 0.270 e. The van der Waals surface area contributed by atoms with E-state index in [0.717, 1.165) is 12.0 Å². The molecule has 0 heterocycles. The van der Waals surface area contributed by atoms with Crippen LogP contribution < -0.4 is 0 Å². The second-order valence-corrected chi connectivity index (χ2v) is 6.02. The normalized spacial score (nSPS) is 10.4. The van der Waals surface area contributed by atoms with Crippen LogP contribution in [0.15, 0.2) is 72.8 Å². The Morgan fingerprint density at radius 3 is 2.16 bits per heavy atom. The van der Waals surface area contributed by atoms with Gasteiger partial charge in [-0.2, -0.15) is 0 Å². The summed E-state index contributed by atoms with van der Waals surface area (Å²) in [5.41, 5.74) is 2.90. The van der Waals surface area contributed by atoms with Crippen molar-refractivity contribution in [2.75, 3.05) is 0 Å². The lowest BCUT2D eigenvalue weighted by Gasteiger charge is -2.06. The largest absolute Gasteiger partial charge is 0.289 e. The highest BCUT2D eigenvalue weighted by Gasteiger charge is 2.16. The molecule has 25 heavy (non-hydrogen) atoms. The van der Waals surface area contributed by atoms with Crippen LogP contribution in [0.4, 0.5) is 5.69 Å². The minimum atomic E-state index is -0.543. The van der Waals surface area contributed by atoms with E-state index >= 15 is 0 Å². The van der Waals surface area contributed by atoms with Crippen molar-refractivity contribution in [2.45, 2.75) is 6.42 Å². The van der Waals surface area contributed by atoms with E-state index in [9.17, 15) is 14.9 Å². The molecule has 3 rings (SSSR count). The molecule has 0 saturated heterocycles. The van der Waals surface area contributed by atoms with Gasteiger partial charge in [-0.3, -0.25) is 14.9 Å². The molecule has 4 nitrogen and oxygen atoms in total. The van der Waals surface area contributed by atoms with E-state index in [1.54, 1.807) is 12.1 Å². The molecule has 0 bridgehead atoms. The lowest BCUT2D eigenvalue weighted by Crippen LogP contribution is -2.03. The number of nitrogens with zero attached hydrogens (tertiary/aromatic N) is 1. The lowest BCUT2D eigenvalue weighted by molar-refractivity contribution is -0.384. The summed E-state index contributed by atoms with van der Waals surface area (Å²) >= 11 is 6.03. The predicted molar refractivity (Wildman–Crippen MR) is 97.2 cm³/mol. The molecule has 0 aliphatic carbocycles. The monoisotopic (exact) mass is 351 g/mol. The Morgan fingerprint density at radius 1 is 0.920 bits per heavy atom. The van der Waals surface area contributed by atoms with Gasteiger partial charge in [0.05, 0.1) is 9.95 Å². The predicted octanol–water partition coefficient (Wildman–Crippen LogP) is 5.07. The smallest absolute Gasteiger partial charge is 0.270 e. The van der Waals surface area contributed by atoms with Crippen molar-refractivity contribution in [3.63, 3.8) is 0 Å². The van der Waals surface area contributed by atoms with E-state index in [-0.39, 0.29) is 22.1 Å². The molecule has 0 N–H and O–H groups in total. The van der Waals surface area contributed by atoms with Gasteiger partial charge >= 0.3 is 0 Å². The van der Waals surface area contributed by atoms with Crippen molar-refractivity contribution >= 4 is 23.1 Å². The minimum absolute atomic E-state index is 0.0764. The molecule has 3 aromatic carbocycles. The van der Waals surface area contributed by atoms with Crippen LogP contribution in [-0.4, -0.2) is 10.7 Å². The molecule has 0 aliphatic heterocycles. The molecule has 0 saturated carbocycles. The lowest BCUT2D eigenvalue weighted by atomic mass is 9.99. The number of benzene rings is 3. The number of ketones is 1. The first-order valence-corrected chi connectivity index (χ1v) is 8.04. The Labute approximate surface area is 149 Å². The van der Waals surface area contributed by atoms with Gasteiger partial charge in [-0.15, -0.1) is 0 Å². The van der Waals surface area contributed by atoms with Gasteiger partial charge in [0, 0.05) is 23.3 Å². The van der Waals surface area contributed by atoms with E-state index in [0.29, 0.717) is 5.56 Å². The summed E-state index contributed by atoms with van der Waals surface area (Å²) in [6, 6.07) is 21.2. The number of hydrogen-bond acceptors (Lipinski definition) is 3. The minimum Gasteiger partial charge on any atom is -0.289 e. The third-order valence-electron chi connectivity index (χ3n) is 3.88. The number of carbonyl (C=O) groups excluding carboxylic acids is 1. The van der Waals surface area contributed by atoms with Crippen LogP contribution in [0.5, 0.6) is 0 Å². The zero-order valence-electron chi connectivity index (χ0n) is 13.2. The molecule has 0 aliphatic rings. The molecule has 0 aromatic heterocycles. The van der Waals surface area contributed by atoms with Crippen LogP contribution in [0.2, 0.25) is 5.02 Å². The number of carbonyl (C=O) groups is 1. The summed E-state index contributed by atoms with van der Waals surface area (Å²) in [6.07, 6.45) is 0.785. The van der Waals surface area contributed by atoms with Crippen LogP contribution in [0.1, 0.15) is 27.0 Å². The fraction of sp³-hybridized carbons (Fsp3) is 0.0500. The van der Waals surface area contributed by atoms with Crippen LogP contribution in [-0.2, 0) is 6.42 Å². The third-order valence-corrected chi connectivity index (χ3v) is 4.19. The number of nitro benzene ring substituents is 1. The molecule has 3 aromatic rings. The topological polar surface area (TPSA) is 60.2 Å². The Kier molecular flexibility index (Phi) is 4.91. The Morgan fingerprint density at radius 2 is 1.56 bits per heavy atom. The van der Waals surface area contributed by atoms with Crippen molar-refractivity contribution in [1.29, 1.82) is 0 Å². The molecule has 5 heteroatoms. The Hall–Kier alpha value is -2.98. The summed E-state index contributed by atoms with van der Waals surface area (Å²) in [4.78, 5) is 22.8. The van der Waals surface area contributed by atoms with Crippen molar-refractivity contribution in [1.82, 2.24) is 0 Å². The maximum absolute atomic E-state index is 12.6. The first kappa shape index (κ1) is 16.9. The van der Waals surface area contributed by atoms with E-state index in [2.05, 4.69) is 12.1 Å². The first-order valence-electron chi connectivity index (χ1n) is 7.66. The Bertz CT molecular complexity index is 921. The van der Waals surface area contributed by atoms with Crippen molar-refractivity contribution in [3.8, 4) is 0 Å². The van der Waals surface area contributed by atoms with Crippen molar-refractivity contribution in [3.05, 3.63) is 110 Å². The molecule has 0 atom stereocenters. The van der Waals surface area contributed by atoms with Gasteiger partial charge in [-0.25, -0.2) is 0 Å². The molecule has 0 radical (unpaired) electrons. The van der Waals surface area contributed by atoms with Crippen LogP contribution >= 0.6 is 11.6 Å². The van der Waals surface area contributed by atoms with Crippen LogP contribution in [0.3, 0.4) is 0 Å². The van der Waals surface area contributed by atoms with Crippen LogP contribution in [0.25, 0.3) is 0 Å². The molecular weight excluding hydrogens is 338 g/mol. The maximum atomic E-state index is 12.6. The second-order valence-electron chi connectivity index (χ2n) is 5.61. The van der Waals surface area contributed by atoms with Gasteiger partial charge in [-0.05, 0) is 23.6 Å². The standard InChI is InChI=1S/C20H14ClNO3/c21-19-13-17(22(24)25)10-11-18(19)20(23)16-8-6-15(7-9-16)12-14-4-2-1-3-5-14/h1-11,13H,12H2. The summed E-state index contributed by atoms with van der Waals surface area (Å²) in [5, 5.41) is 10.8. The third kappa shape index (κ3) is 3.92. The summed E-state index contributed by atoms with van der Waals surface area (Å²) in [7, 11) is 0. The summed E-state index contributed by atoms with van der Waals surface area (Å²) in [6.45, 7) is 0. The van der Waals surface area contributed by atoms with Crippen molar-refractivity contribution < 1.29 is 9.72 Å². The quantitative estimate of drug-likeness (QED) is 0.366. The van der Waals surface area contributed by atoms with Gasteiger partial charge in [0.25, 0.3) is 5.69 Å². The first-order chi connectivity index (χ1) is 12.0. The molecule has 0 amide bonds. The number of halogens is 1. The molecule has 124 valence electrons. The molecule has 0 unspecified atom stereocenters. The van der Waals surface area contributed by atoms with Gasteiger partial charge < -0.3 is 0 Å². The summed E-state index contributed by atoms with van der Waals surface area (Å²) < 4.78 is 0. The highest BCUT2D eigenvalue weighted by atomic mass is 35.5. The average molecular weight is 352 g/mol. The van der Waals surface area contributed by atoms with E-state index in [1.807, 2.05) is 30.3 Å². The van der Waals surface area contributed by atoms with Gasteiger partial charge in [0.2, 0.25) is 0 Å². The van der Waals surface area contributed by atoms with Gasteiger partial charge in [-0.1, -0.05) is 66.2 Å². The zero-order chi connectivity index (χ0) is 17.8. The molecular formula is C20H14ClNO3. The van der Waals surface area contributed by atoms with E-state index in [4.69, 9.17) is 11.6 Å². The van der Waals surface area contributed by atoms with Crippen LogP contribution in [0, 0.1) is 10.1 Å². The fourth-order valence-corrected chi connectivity index (χ4v) is 2.82. The number of hydrogen-bond donors (Lipinski definition) is 0. The van der Waals surface area contributed by atoms with Gasteiger partial charge in [0.15, 0.2) is 5.78 Å². The number of non-ortho nitro benzene ring substituents is 1. The number of rotatable bonds is 5. The summed E-state index contributed by atoms with van der Waals surface area (Å²) in [5.74, 6) is -0.258. The van der Waals surface area contributed by atoms with Crippen molar-refractivity contribution in [2.24, 2.45) is 0 Å². The Balaban J connectivity index is 1.80. The second kappa shape index (κ2) is 7.28. The highest BCUT2D eigenvalue weighted by molar-refractivity contribution is 6.35. The average Bonchev–Trinajstić information content (AvgIpc) is 2.62. The molecule has 0 spiro atoms. The van der Waals surface area contributed by atoms with Gasteiger partial charge in [0.1, 0.15) is 0 Å². The van der Waals surface area contributed by atoms with E-state index < -0.39 is 4.92 Å². The number of nitro groups is 1. The zero-order valence-corrected chi connectivity index (χ0v) is 13.9. The fourth-order valence-electron chi connectivity index (χ4n) is 2.56.